The lowest BCUT2D eigenvalue weighted by atomic mass is 10.2. The molecule has 0 N–H and O–H groups in total. The molecule has 0 spiro atoms. The van der Waals surface area contributed by atoms with Gasteiger partial charge in [0.1, 0.15) is 5.82 Å². The Morgan fingerprint density at radius 2 is 2.15 bits per heavy atom. The van der Waals surface area contributed by atoms with E-state index in [4.69, 9.17) is 0 Å². The average Bonchev–Trinajstić information content (AvgIpc) is 2.11. The van der Waals surface area contributed by atoms with Crippen LogP contribution in [0.5, 0.6) is 0 Å². The lowest BCUT2D eigenvalue weighted by Crippen LogP contribution is -2.15. The van der Waals surface area contributed by atoms with Crippen LogP contribution < -0.4 is 0 Å². The standard InChI is InChI=1S/C9H10Br2FN/c1-13(6-10)5-7-4-8(11)2-3-9(7)12/h2-4H,5-6H2,1H3. The van der Waals surface area contributed by atoms with Crippen LogP contribution >= 0.6 is 31.9 Å². The van der Waals surface area contributed by atoms with E-state index in [1.807, 2.05) is 11.9 Å². The van der Waals surface area contributed by atoms with Crippen LogP contribution in [0.15, 0.2) is 22.7 Å². The zero-order chi connectivity index (χ0) is 9.84. The maximum Gasteiger partial charge on any atom is 0.127 e. The summed E-state index contributed by atoms with van der Waals surface area (Å²) in [6.07, 6.45) is 0. The topological polar surface area (TPSA) is 3.24 Å². The average molecular weight is 311 g/mol. The lowest BCUT2D eigenvalue weighted by molar-refractivity contribution is 0.381. The first kappa shape index (κ1) is 11.1. The van der Waals surface area contributed by atoms with Gasteiger partial charge in [0.05, 0.1) is 5.45 Å². The van der Waals surface area contributed by atoms with E-state index < -0.39 is 0 Å². The minimum Gasteiger partial charge on any atom is -0.292 e. The maximum absolute atomic E-state index is 13.2. The van der Waals surface area contributed by atoms with Gasteiger partial charge in [-0.05, 0) is 25.2 Å². The Kier molecular flexibility index (Phi) is 4.35. The third kappa shape index (κ3) is 3.37. The molecule has 1 aromatic carbocycles. The van der Waals surface area contributed by atoms with E-state index >= 15 is 0 Å². The van der Waals surface area contributed by atoms with Gasteiger partial charge in [0.15, 0.2) is 0 Å². The highest BCUT2D eigenvalue weighted by atomic mass is 79.9. The smallest absolute Gasteiger partial charge is 0.127 e. The molecule has 0 unspecified atom stereocenters. The molecule has 0 saturated carbocycles. The molecule has 0 fully saturated rings. The molecule has 0 aliphatic carbocycles. The van der Waals surface area contributed by atoms with Crippen molar-refractivity contribution in [2.45, 2.75) is 6.54 Å². The van der Waals surface area contributed by atoms with Crippen molar-refractivity contribution < 1.29 is 4.39 Å². The fraction of sp³-hybridized carbons (Fsp3) is 0.333. The third-order valence-electron chi connectivity index (χ3n) is 1.65. The summed E-state index contributed by atoms with van der Waals surface area (Å²) >= 11 is 6.62. The minimum absolute atomic E-state index is 0.156. The predicted molar refractivity (Wildman–Crippen MR) is 59.4 cm³/mol. The Bertz CT molecular complexity index is 291. The summed E-state index contributed by atoms with van der Waals surface area (Å²) in [5.74, 6) is -0.156. The molecule has 13 heavy (non-hydrogen) atoms. The molecule has 1 rings (SSSR count). The van der Waals surface area contributed by atoms with Gasteiger partial charge in [-0.1, -0.05) is 31.9 Å². The van der Waals surface area contributed by atoms with E-state index in [9.17, 15) is 4.39 Å². The third-order valence-corrected chi connectivity index (χ3v) is 3.00. The van der Waals surface area contributed by atoms with Gasteiger partial charge in [-0.3, -0.25) is 4.90 Å². The van der Waals surface area contributed by atoms with Crippen molar-refractivity contribution in [3.63, 3.8) is 0 Å². The Morgan fingerprint density at radius 1 is 1.46 bits per heavy atom. The highest BCUT2D eigenvalue weighted by molar-refractivity contribution is 9.10. The summed E-state index contributed by atoms with van der Waals surface area (Å²) in [5.41, 5.74) is 1.44. The van der Waals surface area contributed by atoms with E-state index in [1.54, 1.807) is 12.1 Å². The van der Waals surface area contributed by atoms with Crippen molar-refractivity contribution in [2.75, 3.05) is 12.5 Å². The summed E-state index contributed by atoms with van der Waals surface area (Å²) in [4.78, 5) is 1.98. The lowest BCUT2D eigenvalue weighted by Gasteiger charge is -2.13. The minimum atomic E-state index is -0.156. The molecule has 0 atom stereocenters. The first-order valence-electron chi connectivity index (χ1n) is 3.82. The van der Waals surface area contributed by atoms with Gasteiger partial charge < -0.3 is 0 Å². The van der Waals surface area contributed by atoms with Crippen LogP contribution in [-0.4, -0.2) is 17.4 Å². The van der Waals surface area contributed by atoms with E-state index in [2.05, 4.69) is 31.9 Å². The van der Waals surface area contributed by atoms with Crippen LogP contribution in [0.2, 0.25) is 0 Å². The van der Waals surface area contributed by atoms with Gasteiger partial charge in [-0.2, -0.15) is 0 Å². The van der Waals surface area contributed by atoms with Gasteiger partial charge in [0.25, 0.3) is 0 Å². The number of hydrogen-bond acceptors (Lipinski definition) is 1. The number of nitrogens with zero attached hydrogens (tertiary/aromatic N) is 1. The molecule has 0 aliphatic heterocycles. The van der Waals surface area contributed by atoms with Gasteiger partial charge >= 0.3 is 0 Å². The van der Waals surface area contributed by atoms with Crippen LogP contribution in [0, 0.1) is 5.82 Å². The molecule has 0 saturated heterocycles. The van der Waals surface area contributed by atoms with Gasteiger partial charge in [0.2, 0.25) is 0 Å². The van der Waals surface area contributed by atoms with Crippen LogP contribution in [0.25, 0.3) is 0 Å². The molecular formula is C9H10Br2FN. The molecule has 0 bridgehead atoms. The van der Waals surface area contributed by atoms with Crippen molar-refractivity contribution >= 4 is 31.9 Å². The molecule has 0 aromatic heterocycles. The van der Waals surface area contributed by atoms with Gasteiger partial charge in [0, 0.05) is 16.6 Å². The second-order valence-corrected chi connectivity index (χ2v) is 4.29. The zero-order valence-electron chi connectivity index (χ0n) is 7.23. The highest BCUT2D eigenvalue weighted by Gasteiger charge is 2.04. The van der Waals surface area contributed by atoms with Crippen LogP contribution in [0.1, 0.15) is 5.56 Å². The van der Waals surface area contributed by atoms with Crippen molar-refractivity contribution in [3.8, 4) is 0 Å². The molecule has 4 heteroatoms. The summed E-state index contributed by atoms with van der Waals surface area (Å²) in [5, 5.41) is 0. The monoisotopic (exact) mass is 309 g/mol. The van der Waals surface area contributed by atoms with Crippen LogP contribution in [0.4, 0.5) is 4.39 Å². The van der Waals surface area contributed by atoms with Crippen molar-refractivity contribution in [3.05, 3.63) is 34.1 Å². The Labute approximate surface area is 94.2 Å². The molecule has 0 heterocycles. The van der Waals surface area contributed by atoms with Crippen LogP contribution in [0.3, 0.4) is 0 Å². The van der Waals surface area contributed by atoms with E-state index in [0.29, 0.717) is 12.1 Å². The molecule has 0 aliphatic rings. The van der Waals surface area contributed by atoms with E-state index in [0.717, 1.165) is 9.93 Å². The highest BCUT2D eigenvalue weighted by Crippen LogP contribution is 2.16. The Morgan fingerprint density at radius 3 is 2.77 bits per heavy atom. The Hall–Kier alpha value is 0.0700. The number of benzene rings is 1. The predicted octanol–water partition coefficient (Wildman–Crippen LogP) is 3.37. The second-order valence-electron chi connectivity index (χ2n) is 2.87. The summed E-state index contributed by atoms with van der Waals surface area (Å²) in [6, 6.07) is 4.98. The fourth-order valence-electron chi connectivity index (χ4n) is 0.998. The quantitative estimate of drug-likeness (QED) is 0.611. The zero-order valence-corrected chi connectivity index (χ0v) is 10.4. The second kappa shape index (κ2) is 5.08. The molecule has 0 radical (unpaired) electrons. The van der Waals surface area contributed by atoms with Crippen molar-refractivity contribution in [2.24, 2.45) is 0 Å². The van der Waals surface area contributed by atoms with E-state index in [1.165, 1.54) is 6.07 Å². The van der Waals surface area contributed by atoms with Gasteiger partial charge in [-0.25, -0.2) is 4.39 Å². The maximum atomic E-state index is 13.2. The SMILES string of the molecule is CN(CBr)Cc1cc(Br)ccc1F. The van der Waals surface area contributed by atoms with Crippen molar-refractivity contribution in [1.82, 2.24) is 4.90 Å². The summed E-state index contributed by atoms with van der Waals surface area (Å²) in [6.45, 7) is 0.608. The van der Waals surface area contributed by atoms with Gasteiger partial charge in [-0.15, -0.1) is 0 Å². The Balaban J connectivity index is 2.81. The van der Waals surface area contributed by atoms with Crippen LogP contribution in [-0.2, 0) is 6.54 Å². The molecular weight excluding hydrogens is 301 g/mol. The van der Waals surface area contributed by atoms with E-state index in [-0.39, 0.29) is 5.82 Å². The first-order chi connectivity index (χ1) is 6.13. The number of halogens is 3. The number of hydrogen-bond donors (Lipinski definition) is 0. The molecule has 1 nitrogen and oxygen atoms in total. The normalized spacial score (nSPS) is 10.8. The van der Waals surface area contributed by atoms with Crippen molar-refractivity contribution in [1.29, 1.82) is 0 Å². The number of rotatable bonds is 3. The number of alkyl halides is 1. The molecule has 0 amide bonds. The fourth-order valence-corrected chi connectivity index (χ4v) is 1.58. The summed E-state index contributed by atoms with van der Waals surface area (Å²) in [7, 11) is 1.93. The molecule has 1 aromatic rings. The molecule has 72 valence electrons. The largest absolute Gasteiger partial charge is 0.292 e. The summed E-state index contributed by atoms with van der Waals surface area (Å²) < 4.78 is 14.1. The first-order valence-corrected chi connectivity index (χ1v) is 5.73.